The van der Waals surface area contributed by atoms with Gasteiger partial charge in [-0.05, 0) is 43.2 Å². The minimum absolute atomic E-state index is 0.0135. The van der Waals surface area contributed by atoms with Gasteiger partial charge < -0.3 is 19.3 Å². The van der Waals surface area contributed by atoms with Crippen molar-refractivity contribution >= 4 is 23.1 Å². The van der Waals surface area contributed by atoms with Gasteiger partial charge in [0.15, 0.2) is 17.3 Å². The van der Waals surface area contributed by atoms with E-state index >= 15 is 0 Å². The van der Waals surface area contributed by atoms with E-state index in [9.17, 15) is 4.79 Å². The van der Waals surface area contributed by atoms with Crippen molar-refractivity contribution in [2.75, 3.05) is 43.7 Å². The normalized spacial score (nSPS) is 15.6. The van der Waals surface area contributed by atoms with E-state index in [0.717, 1.165) is 43.3 Å². The van der Waals surface area contributed by atoms with Crippen LogP contribution in [-0.2, 0) is 0 Å². The number of rotatable bonds is 5. The summed E-state index contributed by atoms with van der Waals surface area (Å²) in [6.07, 6.45) is 2.17. The molecule has 0 aromatic heterocycles. The molecule has 2 heterocycles. The Labute approximate surface area is 159 Å². The van der Waals surface area contributed by atoms with Gasteiger partial charge in [0.25, 0.3) is 0 Å². The number of carbonyl (C=O) groups excluding carboxylic acids is 1. The van der Waals surface area contributed by atoms with Crippen LogP contribution >= 0.6 is 0 Å². The van der Waals surface area contributed by atoms with E-state index < -0.39 is 0 Å². The lowest BCUT2D eigenvalue weighted by Crippen LogP contribution is -2.41. The van der Waals surface area contributed by atoms with Gasteiger partial charge in [-0.15, -0.1) is 0 Å². The smallest absolute Gasteiger partial charge is 0.206 e. The largest absolute Gasteiger partial charge is 0.493 e. The molecular formula is C21H23N3O3. The van der Waals surface area contributed by atoms with Crippen molar-refractivity contribution < 1.29 is 14.3 Å². The van der Waals surface area contributed by atoms with Crippen molar-refractivity contribution in [1.29, 1.82) is 0 Å². The second-order valence-corrected chi connectivity index (χ2v) is 6.61. The molecule has 27 heavy (non-hydrogen) atoms. The summed E-state index contributed by atoms with van der Waals surface area (Å²) in [7, 11) is 3.15. The minimum Gasteiger partial charge on any atom is -0.493 e. The molecule has 2 aliphatic heterocycles. The van der Waals surface area contributed by atoms with E-state index in [1.807, 2.05) is 23.1 Å². The fourth-order valence-electron chi connectivity index (χ4n) is 3.63. The van der Waals surface area contributed by atoms with E-state index in [-0.39, 0.29) is 12.3 Å². The summed E-state index contributed by atoms with van der Waals surface area (Å²) >= 11 is 0. The van der Waals surface area contributed by atoms with Crippen LogP contribution in [0.4, 0.5) is 11.4 Å². The van der Waals surface area contributed by atoms with Crippen LogP contribution in [0.15, 0.2) is 47.5 Å². The third-order valence-electron chi connectivity index (χ3n) is 5.00. The highest BCUT2D eigenvalue weighted by atomic mass is 16.5. The maximum absolute atomic E-state index is 13.0. The van der Waals surface area contributed by atoms with E-state index in [0.29, 0.717) is 17.1 Å². The first-order valence-electron chi connectivity index (χ1n) is 9.16. The lowest BCUT2D eigenvalue weighted by Gasteiger charge is -2.22. The number of guanidine groups is 1. The summed E-state index contributed by atoms with van der Waals surface area (Å²) in [5, 5.41) is 0. The first kappa shape index (κ1) is 17.4. The van der Waals surface area contributed by atoms with Crippen molar-refractivity contribution in [1.82, 2.24) is 0 Å². The number of carbonyl (C=O) groups is 1. The van der Waals surface area contributed by atoms with Crippen LogP contribution in [0.1, 0.15) is 23.2 Å². The van der Waals surface area contributed by atoms with Gasteiger partial charge in [0.05, 0.1) is 32.1 Å². The zero-order valence-electron chi connectivity index (χ0n) is 15.6. The first-order valence-corrected chi connectivity index (χ1v) is 9.16. The Hall–Kier alpha value is -3.02. The number of anilines is 2. The van der Waals surface area contributed by atoms with E-state index in [4.69, 9.17) is 14.5 Å². The molecular weight excluding hydrogens is 342 g/mol. The molecule has 0 fully saturated rings. The molecule has 0 saturated carbocycles. The average molecular weight is 365 g/mol. The Morgan fingerprint density at radius 3 is 2.59 bits per heavy atom. The molecule has 0 unspecified atom stereocenters. The Bertz CT molecular complexity index is 894. The molecule has 0 radical (unpaired) electrons. The van der Waals surface area contributed by atoms with Crippen LogP contribution in [0, 0.1) is 0 Å². The van der Waals surface area contributed by atoms with E-state index in [1.54, 1.807) is 32.4 Å². The summed E-state index contributed by atoms with van der Waals surface area (Å²) < 4.78 is 10.6. The lowest BCUT2D eigenvalue weighted by atomic mass is 10.1. The Morgan fingerprint density at radius 1 is 1.04 bits per heavy atom. The maximum atomic E-state index is 13.0. The summed E-state index contributed by atoms with van der Waals surface area (Å²) in [6, 6.07) is 13.4. The number of fused-ring (bicyclic) bond motifs is 3. The monoisotopic (exact) mass is 365 g/mol. The van der Waals surface area contributed by atoms with Gasteiger partial charge in [-0.3, -0.25) is 9.79 Å². The predicted molar refractivity (Wildman–Crippen MR) is 107 cm³/mol. The number of hydrogen-bond donors (Lipinski definition) is 0. The Morgan fingerprint density at radius 2 is 1.81 bits per heavy atom. The highest BCUT2D eigenvalue weighted by Crippen LogP contribution is 2.38. The minimum atomic E-state index is 0.0135. The standard InChI is InChI=1S/C21H23N3O3/c1-26-19-10-9-15(13-20(19)27-2)18(25)14-24-17-8-4-3-7-16(17)23-12-6-5-11-22-21(23)24/h3-4,7-10,13H,5-6,11-12,14H2,1-2H3. The number of Topliss-reactive ketones (excluding diaryl/α,β-unsaturated/α-hetero) is 1. The predicted octanol–water partition coefficient (Wildman–Crippen LogP) is 3.36. The SMILES string of the molecule is COc1ccc(C(=O)CN2C3=NCCCCN3c3ccccc32)cc1OC. The fourth-order valence-corrected chi connectivity index (χ4v) is 3.63. The number of hydrogen-bond acceptors (Lipinski definition) is 6. The molecule has 0 amide bonds. The fraction of sp³-hybridized carbons (Fsp3) is 0.333. The summed E-state index contributed by atoms with van der Waals surface area (Å²) in [6.45, 7) is 1.96. The molecule has 0 spiro atoms. The third kappa shape index (κ3) is 3.12. The molecule has 6 heteroatoms. The number of ketones is 1. The van der Waals surface area contributed by atoms with Crippen molar-refractivity contribution in [3.8, 4) is 11.5 Å². The average Bonchev–Trinajstić information content (AvgIpc) is 2.86. The van der Waals surface area contributed by atoms with Crippen LogP contribution in [0.2, 0.25) is 0 Å². The molecule has 140 valence electrons. The molecule has 0 bridgehead atoms. The lowest BCUT2D eigenvalue weighted by molar-refractivity contribution is 0.100. The van der Waals surface area contributed by atoms with Gasteiger partial charge in [-0.2, -0.15) is 0 Å². The topological polar surface area (TPSA) is 54.4 Å². The molecule has 0 aliphatic carbocycles. The molecule has 2 aromatic rings. The van der Waals surface area contributed by atoms with E-state index in [1.165, 1.54) is 0 Å². The number of aliphatic imine (C=N–C) groups is 1. The van der Waals surface area contributed by atoms with Gasteiger partial charge >= 0.3 is 0 Å². The highest BCUT2D eigenvalue weighted by Gasteiger charge is 2.34. The molecule has 4 rings (SSSR count). The second kappa shape index (κ2) is 7.31. The number of methoxy groups -OCH3 is 2. The van der Waals surface area contributed by atoms with Crippen molar-refractivity contribution in [3.63, 3.8) is 0 Å². The van der Waals surface area contributed by atoms with Gasteiger partial charge in [-0.25, -0.2) is 0 Å². The molecule has 0 atom stereocenters. The van der Waals surface area contributed by atoms with Gasteiger partial charge in [0, 0.05) is 18.7 Å². The molecule has 6 nitrogen and oxygen atoms in total. The Balaban J connectivity index is 1.65. The zero-order chi connectivity index (χ0) is 18.8. The molecule has 2 aromatic carbocycles. The van der Waals surface area contributed by atoms with Crippen LogP contribution in [0.3, 0.4) is 0 Å². The quantitative estimate of drug-likeness (QED) is 0.761. The second-order valence-electron chi connectivity index (χ2n) is 6.61. The van der Waals surface area contributed by atoms with E-state index in [2.05, 4.69) is 11.0 Å². The number of nitrogens with zero attached hydrogens (tertiary/aromatic N) is 3. The molecule has 0 saturated heterocycles. The van der Waals surface area contributed by atoms with Crippen molar-refractivity contribution in [2.45, 2.75) is 12.8 Å². The third-order valence-corrected chi connectivity index (χ3v) is 5.00. The summed E-state index contributed by atoms with van der Waals surface area (Å²) in [4.78, 5) is 22.0. The van der Waals surface area contributed by atoms with Gasteiger partial charge in [0.1, 0.15) is 0 Å². The zero-order valence-corrected chi connectivity index (χ0v) is 15.6. The van der Waals surface area contributed by atoms with Crippen molar-refractivity contribution in [2.24, 2.45) is 4.99 Å². The number of benzene rings is 2. The van der Waals surface area contributed by atoms with Crippen LogP contribution in [0.5, 0.6) is 11.5 Å². The number of ether oxygens (including phenoxy) is 2. The van der Waals surface area contributed by atoms with Crippen LogP contribution in [-0.4, -0.2) is 45.6 Å². The number of para-hydroxylation sites is 2. The molecule has 2 aliphatic rings. The van der Waals surface area contributed by atoms with Crippen molar-refractivity contribution in [3.05, 3.63) is 48.0 Å². The highest BCUT2D eigenvalue weighted by molar-refractivity contribution is 6.19. The van der Waals surface area contributed by atoms with Crippen LogP contribution in [0.25, 0.3) is 0 Å². The van der Waals surface area contributed by atoms with Gasteiger partial charge in [-0.1, -0.05) is 12.1 Å². The first-order chi connectivity index (χ1) is 13.2. The summed E-state index contributed by atoms with van der Waals surface area (Å²) in [5.41, 5.74) is 2.75. The van der Waals surface area contributed by atoms with Gasteiger partial charge in [0.2, 0.25) is 5.96 Å². The summed E-state index contributed by atoms with van der Waals surface area (Å²) in [5.74, 6) is 2.06. The maximum Gasteiger partial charge on any atom is 0.206 e. The molecule has 0 N–H and O–H groups in total. The Kier molecular flexibility index (Phi) is 4.71. The van der Waals surface area contributed by atoms with Crippen LogP contribution < -0.4 is 19.3 Å².